The third-order valence-electron chi connectivity index (χ3n) is 4.76. The molecule has 27 heavy (non-hydrogen) atoms. The fraction of sp³-hybridized carbons (Fsp3) is 0.286. The third kappa shape index (κ3) is 4.39. The normalized spacial score (nSPS) is 14.7. The molecule has 142 valence electrons. The molecule has 2 aromatic rings. The van der Waals surface area contributed by atoms with Gasteiger partial charge in [-0.2, -0.15) is 0 Å². The first-order valence-electron chi connectivity index (χ1n) is 9.12. The molecule has 1 atom stereocenters. The molecule has 6 heteroatoms. The summed E-state index contributed by atoms with van der Waals surface area (Å²) in [5.74, 6) is -0.286. The topological polar surface area (TPSA) is 75.3 Å². The number of amides is 1. The van der Waals surface area contributed by atoms with Gasteiger partial charge in [-0.25, -0.2) is 8.42 Å². The highest BCUT2D eigenvalue weighted by Crippen LogP contribution is 2.28. The summed E-state index contributed by atoms with van der Waals surface area (Å²) in [5, 5.41) is 2.88. The molecule has 0 unspecified atom stereocenters. The molecule has 0 bridgehead atoms. The lowest BCUT2D eigenvalue weighted by molar-refractivity contribution is 0.0940. The Kier molecular flexibility index (Phi) is 5.65. The van der Waals surface area contributed by atoms with Gasteiger partial charge >= 0.3 is 0 Å². The van der Waals surface area contributed by atoms with E-state index >= 15 is 0 Å². The molecule has 0 spiro atoms. The molecule has 0 radical (unpaired) electrons. The van der Waals surface area contributed by atoms with E-state index in [4.69, 9.17) is 0 Å². The predicted molar refractivity (Wildman–Crippen MR) is 109 cm³/mol. The van der Waals surface area contributed by atoms with Gasteiger partial charge in [0.1, 0.15) is 0 Å². The number of anilines is 1. The summed E-state index contributed by atoms with van der Waals surface area (Å²) < 4.78 is 28.4. The van der Waals surface area contributed by atoms with Crippen molar-refractivity contribution in [3.05, 3.63) is 70.1 Å². The average Bonchev–Trinajstić information content (AvgIpc) is 2.67. The molecule has 2 aromatic carbocycles. The van der Waals surface area contributed by atoms with E-state index in [9.17, 15) is 13.2 Å². The van der Waals surface area contributed by atoms with Crippen molar-refractivity contribution < 1.29 is 13.2 Å². The van der Waals surface area contributed by atoms with E-state index in [1.54, 1.807) is 30.3 Å². The summed E-state index contributed by atoms with van der Waals surface area (Å²) in [4.78, 5) is 12.8. The molecule has 5 nitrogen and oxygen atoms in total. The van der Waals surface area contributed by atoms with Crippen LogP contribution in [0.5, 0.6) is 0 Å². The van der Waals surface area contributed by atoms with Gasteiger partial charge in [-0.1, -0.05) is 43.3 Å². The van der Waals surface area contributed by atoms with Crippen LogP contribution in [-0.4, -0.2) is 20.4 Å². The number of carbonyl (C=O) groups excluding carboxylic acids is 1. The SMILES string of the molecule is CC[C@@H](C)NC(=O)c1ccccc1NS(=O)(=O)C1=Cc2ccccc2CC1. The molecule has 0 aromatic heterocycles. The number of fused-ring (bicyclic) bond motifs is 1. The molecule has 0 saturated heterocycles. The van der Waals surface area contributed by atoms with Gasteiger partial charge in [0.15, 0.2) is 0 Å². The van der Waals surface area contributed by atoms with E-state index in [2.05, 4.69) is 10.0 Å². The van der Waals surface area contributed by atoms with Crippen LogP contribution < -0.4 is 10.0 Å². The molecular formula is C21H24N2O3S. The number of rotatable bonds is 6. The fourth-order valence-electron chi connectivity index (χ4n) is 3.00. The van der Waals surface area contributed by atoms with Crippen molar-refractivity contribution >= 4 is 27.7 Å². The second-order valence-corrected chi connectivity index (χ2v) is 8.48. The van der Waals surface area contributed by atoms with Crippen LogP contribution >= 0.6 is 0 Å². The molecule has 0 heterocycles. The number of hydrogen-bond donors (Lipinski definition) is 2. The van der Waals surface area contributed by atoms with E-state index in [1.807, 2.05) is 38.1 Å². The third-order valence-corrected chi connectivity index (χ3v) is 6.26. The number of aryl methyl sites for hydroxylation is 1. The minimum atomic E-state index is -3.74. The Labute approximate surface area is 160 Å². The standard InChI is InChI=1S/C21H24N2O3S/c1-3-15(2)22-21(24)19-10-6-7-11-20(19)23-27(25,26)18-13-12-16-8-4-5-9-17(16)14-18/h4-11,14-15,23H,3,12-13H2,1-2H3,(H,22,24)/t15-/m1/s1. The number of allylic oxidation sites excluding steroid dienone is 1. The maximum absolute atomic E-state index is 12.9. The molecular weight excluding hydrogens is 360 g/mol. The second-order valence-electron chi connectivity index (χ2n) is 6.74. The Morgan fingerprint density at radius 2 is 1.78 bits per heavy atom. The number of nitrogens with one attached hydrogen (secondary N) is 2. The van der Waals surface area contributed by atoms with Gasteiger partial charge in [0.2, 0.25) is 0 Å². The lowest BCUT2D eigenvalue weighted by Gasteiger charge is -2.19. The van der Waals surface area contributed by atoms with Crippen molar-refractivity contribution in [1.29, 1.82) is 0 Å². The first-order chi connectivity index (χ1) is 12.9. The molecule has 0 saturated carbocycles. The Bertz CT molecular complexity index is 980. The van der Waals surface area contributed by atoms with E-state index in [0.717, 1.165) is 17.5 Å². The maximum atomic E-state index is 12.9. The van der Waals surface area contributed by atoms with Crippen molar-refractivity contribution in [3.63, 3.8) is 0 Å². The maximum Gasteiger partial charge on any atom is 0.258 e. The van der Waals surface area contributed by atoms with Crippen LogP contribution in [0, 0.1) is 0 Å². The summed E-state index contributed by atoms with van der Waals surface area (Å²) in [5.41, 5.74) is 2.67. The van der Waals surface area contributed by atoms with Crippen molar-refractivity contribution in [2.45, 2.75) is 39.2 Å². The first-order valence-corrected chi connectivity index (χ1v) is 10.6. The minimum absolute atomic E-state index is 0.0136. The van der Waals surface area contributed by atoms with Gasteiger partial charge in [-0.3, -0.25) is 9.52 Å². The van der Waals surface area contributed by atoms with Crippen molar-refractivity contribution in [2.24, 2.45) is 0 Å². The highest BCUT2D eigenvalue weighted by atomic mass is 32.2. The van der Waals surface area contributed by atoms with E-state index in [1.165, 1.54) is 0 Å². The van der Waals surface area contributed by atoms with Crippen LogP contribution in [0.2, 0.25) is 0 Å². The lowest BCUT2D eigenvalue weighted by atomic mass is 9.98. The molecule has 1 amide bonds. The first kappa shape index (κ1) is 19.2. The average molecular weight is 385 g/mol. The van der Waals surface area contributed by atoms with Crippen LogP contribution in [-0.2, 0) is 16.4 Å². The Hall–Kier alpha value is -2.60. The zero-order valence-corrected chi connectivity index (χ0v) is 16.3. The van der Waals surface area contributed by atoms with Crippen molar-refractivity contribution in [3.8, 4) is 0 Å². The van der Waals surface area contributed by atoms with Gasteiger partial charge in [0.05, 0.1) is 16.2 Å². The Morgan fingerprint density at radius 3 is 2.56 bits per heavy atom. The summed E-state index contributed by atoms with van der Waals surface area (Å²) in [6, 6.07) is 14.5. The lowest BCUT2D eigenvalue weighted by Crippen LogP contribution is -2.32. The quantitative estimate of drug-likeness (QED) is 0.792. The second kappa shape index (κ2) is 7.96. The van der Waals surface area contributed by atoms with Crippen LogP contribution in [0.4, 0.5) is 5.69 Å². The number of benzene rings is 2. The number of hydrogen-bond acceptors (Lipinski definition) is 3. The molecule has 1 aliphatic rings. The van der Waals surface area contributed by atoms with E-state index in [0.29, 0.717) is 23.3 Å². The summed E-state index contributed by atoms with van der Waals surface area (Å²) >= 11 is 0. The number of sulfonamides is 1. The van der Waals surface area contributed by atoms with E-state index in [-0.39, 0.29) is 17.6 Å². The zero-order valence-electron chi connectivity index (χ0n) is 15.5. The summed E-state index contributed by atoms with van der Waals surface area (Å²) in [7, 11) is -3.74. The summed E-state index contributed by atoms with van der Waals surface area (Å²) in [6.45, 7) is 3.89. The molecule has 0 aliphatic heterocycles. The van der Waals surface area contributed by atoms with Crippen LogP contribution in [0.1, 0.15) is 48.2 Å². The molecule has 2 N–H and O–H groups in total. The van der Waals surface area contributed by atoms with Crippen molar-refractivity contribution in [2.75, 3.05) is 4.72 Å². The highest BCUT2D eigenvalue weighted by Gasteiger charge is 2.23. The number of carbonyl (C=O) groups is 1. The van der Waals surface area contributed by atoms with Crippen LogP contribution in [0.3, 0.4) is 0 Å². The zero-order chi connectivity index (χ0) is 19.4. The van der Waals surface area contributed by atoms with Gasteiger partial charge in [-0.05, 0) is 55.5 Å². The molecule has 3 rings (SSSR count). The van der Waals surface area contributed by atoms with Crippen LogP contribution in [0.25, 0.3) is 6.08 Å². The van der Waals surface area contributed by atoms with Crippen LogP contribution in [0.15, 0.2) is 53.4 Å². The van der Waals surface area contributed by atoms with E-state index < -0.39 is 10.0 Å². The predicted octanol–water partition coefficient (Wildman–Crippen LogP) is 3.94. The van der Waals surface area contributed by atoms with Gasteiger partial charge < -0.3 is 5.32 Å². The Balaban J connectivity index is 1.87. The van der Waals surface area contributed by atoms with Gasteiger partial charge in [0.25, 0.3) is 15.9 Å². The number of para-hydroxylation sites is 1. The highest BCUT2D eigenvalue weighted by molar-refractivity contribution is 7.96. The van der Waals surface area contributed by atoms with Gasteiger partial charge in [-0.15, -0.1) is 0 Å². The molecule has 1 aliphatic carbocycles. The fourth-order valence-corrected chi connectivity index (χ4v) is 4.25. The largest absolute Gasteiger partial charge is 0.350 e. The Morgan fingerprint density at radius 1 is 1.07 bits per heavy atom. The minimum Gasteiger partial charge on any atom is -0.350 e. The summed E-state index contributed by atoms with van der Waals surface area (Å²) in [6.07, 6.45) is 3.63. The van der Waals surface area contributed by atoms with Crippen molar-refractivity contribution in [1.82, 2.24) is 5.32 Å². The molecule has 0 fully saturated rings. The van der Waals surface area contributed by atoms with Gasteiger partial charge in [0, 0.05) is 6.04 Å². The monoisotopic (exact) mass is 384 g/mol. The smallest absolute Gasteiger partial charge is 0.258 e.